The van der Waals surface area contributed by atoms with Crippen molar-refractivity contribution in [3.05, 3.63) is 0 Å². The summed E-state index contributed by atoms with van der Waals surface area (Å²) >= 11 is 0. The Balaban J connectivity index is 1.99. The molecular weight excluding hydrogens is 170 g/mol. The summed E-state index contributed by atoms with van der Waals surface area (Å²) in [6, 6.07) is 0.523. The molecule has 1 rings (SSSR count). The highest BCUT2D eigenvalue weighted by Gasteiger charge is 2.20. The number of unbranched alkanes of at least 4 members (excludes halogenated alkanes) is 4. The molecule has 0 aromatic heterocycles. The van der Waals surface area contributed by atoms with Crippen LogP contribution < -0.4 is 5.73 Å². The van der Waals surface area contributed by atoms with E-state index in [1.807, 2.05) is 0 Å². The number of hydrogen-bond acceptors (Lipinski definition) is 1. The Morgan fingerprint density at radius 3 is 2.43 bits per heavy atom. The van der Waals surface area contributed by atoms with Crippen molar-refractivity contribution < 1.29 is 0 Å². The highest BCUT2D eigenvalue weighted by atomic mass is 14.7. The zero-order valence-corrected chi connectivity index (χ0v) is 9.80. The molecular formula is C13H27N. The first-order valence-electron chi connectivity index (χ1n) is 6.60. The van der Waals surface area contributed by atoms with Crippen molar-refractivity contribution in [2.24, 2.45) is 11.7 Å². The Morgan fingerprint density at radius 2 is 1.71 bits per heavy atom. The zero-order valence-electron chi connectivity index (χ0n) is 9.80. The standard InChI is InChI=1S/C13H27N/c1-2-3-4-5-6-9-12-10-7-8-11-13(12)14/h12-13H,2-11,14H2,1H3. The number of nitrogens with two attached hydrogens (primary N) is 1. The summed E-state index contributed by atoms with van der Waals surface area (Å²) in [6.07, 6.45) is 13.9. The number of rotatable bonds is 6. The van der Waals surface area contributed by atoms with Gasteiger partial charge in [0, 0.05) is 6.04 Å². The third-order valence-electron chi connectivity index (χ3n) is 3.65. The molecule has 0 aromatic carbocycles. The van der Waals surface area contributed by atoms with Gasteiger partial charge < -0.3 is 5.73 Å². The molecule has 1 fully saturated rings. The molecule has 2 unspecified atom stereocenters. The van der Waals surface area contributed by atoms with E-state index in [4.69, 9.17) is 5.73 Å². The van der Waals surface area contributed by atoms with Gasteiger partial charge in [0.25, 0.3) is 0 Å². The third kappa shape index (κ3) is 4.45. The topological polar surface area (TPSA) is 26.0 Å². The molecule has 1 saturated carbocycles. The van der Waals surface area contributed by atoms with Gasteiger partial charge in [-0.3, -0.25) is 0 Å². The van der Waals surface area contributed by atoms with Crippen molar-refractivity contribution in [3.63, 3.8) is 0 Å². The fraction of sp³-hybridized carbons (Fsp3) is 1.00. The van der Waals surface area contributed by atoms with E-state index >= 15 is 0 Å². The smallest absolute Gasteiger partial charge is 0.00671 e. The van der Waals surface area contributed by atoms with Gasteiger partial charge in [0.2, 0.25) is 0 Å². The van der Waals surface area contributed by atoms with Crippen molar-refractivity contribution in [1.29, 1.82) is 0 Å². The number of hydrogen-bond donors (Lipinski definition) is 1. The Kier molecular flexibility index (Phi) is 6.25. The third-order valence-corrected chi connectivity index (χ3v) is 3.65. The minimum atomic E-state index is 0.523. The summed E-state index contributed by atoms with van der Waals surface area (Å²) < 4.78 is 0. The maximum absolute atomic E-state index is 6.12. The van der Waals surface area contributed by atoms with E-state index in [0.29, 0.717) is 6.04 Å². The summed E-state index contributed by atoms with van der Waals surface area (Å²) in [5, 5.41) is 0. The fourth-order valence-electron chi connectivity index (χ4n) is 2.60. The van der Waals surface area contributed by atoms with Crippen molar-refractivity contribution in [2.45, 2.75) is 77.2 Å². The Morgan fingerprint density at radius 1 is 1.00 bits per heavy atom. The van der Waals surface area contributed by atoms with E-state index in [2.05, 4.69) is 6.92 Å². The molecule has 0 aliphatic heterocycles. The summed E-state index contributed by atoms with van der Waals surface area (Å²) in [6.45, 7) is 2.27. The molecule has 0 spiro atoms. The Bertz CT molecular complexity index is 133. The van der Waals surface area contributed by atoms with Crippen LogP contribution >= 0.6 is 0 Å². The molecule has 1 nitrogen and oxygen atoms in total. The van der Waals surface area contributed by atoms with Gasteiger partial charge in [-0.05, 0) is 25.2 Å². The predicted octanol–water partition coefficient (Wildman–Crippen LogP) is 3.86. The van der Waals surface area contributed by atoms with Gasteiger partial charge in [-0.2, -0.15) is 0 Å². The van der Waals surface area contributed by atoms with E-state index in [0.717, 1.165) is 5.92 Å². The SMILES string of the molecule is CCCCCCCC1CCCCC1N. The minimum absolute atomic E-state index is 0.523. The van der Waals surface area contributed by atoms with E-state index < -0.39 is 0 Å². The van der Waals surface area contributed by atoms with Gasteiger partial charge >= 0.3 is 0 Å². The molecule has 2 N–H and O–H groups in total. The first kappa shape index (κ1) is 12.0. The van der Waals surface area contributed by atoms with Gasteiger partial charge in [0.05, 0.1) is 0 Å². The Labute approximate surface area is 89.5 Å². The van der Waals surface area contributed by atoms with Crippen LogP contribution in [-0.4, -0.2) is 6.04 Å². The Hall–Kier alpha value is -0.0400. The highest BCUT2D eigenvalue weighted by molar-refractivity contribution is 4.77. The van der Waals surface area contributed by atoms with Gasteiger partial charge in [0.15, 0.2) is 0 Å². The molecule has 0 bridgehead atoms. The maximum atomic E-state index is 6.12. The first-order chi connectivity index (χ1) is 6.84. The van der Waals surface area contributed by atoms with Crippen LogP contribution in [-0.2, 0) is 0 Å². The van der Waals surface area contributed by atoms with Crippen LogP contribution in [0.25, 0.3) is 0 Å². The lowest BCUT2D eigenvalue weighted by Crippen LogP contribution is -2.32. The lowest BCUT2D eigenvalue weighted by atomic mass is 9.82. The molecule has 0 heterocycles. The first-order valence-corrected chi connectivity index (χ1v) is 6.60. The lowest BCUT2D eigenvalue weighted by Gasteiger charge is -2.28. The molecule has 1 aliphatic rings. The van der Waals surface area contributed by atoms with E-state index in [1.54, 1.807) is 0 Å². The second kappa shape index (κ2) is 7.28. The maximum Gasteiger partial charge on any atom is 0.00671 e. The highest BCUT2D eigenvalue weighted by Crippen LogP contribution is 2.27. The van der Waals surface area contributed by atoms with Gasteiger partial charge in [-0.15, -0.1) is 0 Å². The van der Waals surface area contributed by atoms with Gasteiger partial charge in [0.1, 0.15) is 0 Å². The molecule has 0 amide bonds. The van der Waals surface area contributed by atoms with Gasteiger partial charge in [-0.25, -0.2) is 0 Å². The lowest BCUT2D eigenvalue weighted by molar-refractivity contribution is 0.284. The van der Waals surface area contributed by atoms with Crippen LogP contribution in [0.15, 0.2) is 0 Å². The summed E-state index contributed by atoms with van der Waals surface area (Å²) in [7, 11) is 0. The van der Waals surface area contributed by atoms with Crippen LogP contribution in [0.1, 0.15) is 71.1 Å². The average molecular weight is 197 g/mol. The molecule has 1 aliphatic carbocycles. The monoisotopic (exact) mass is 197 g/mol. The van der Waals surface area contributed by atoms with Crippen LogP contribution in [0.5, 0.6) is 0 Å². The second-order valence-electron chi connectivity index (χ2n) is 4.91. The van der Waals surface area contributed by atoms with E-state index in [9.17, 15) is 0 Å². The van der Waals surface area contributed by atoms with Crippen LogP contribution in [0.4, 0.5) is 0 Å². The molecule has 2 atom stereocenters. The van der Waals surface area contributed by atoms with E-state index in [-0.39, 0.29) is 0 Å². The minimum Gasteiger partial charge on any atom is -0.327 e. The van der Waals surface area contributed by atoms with Crippen molar-refractivity contribution in [1.82, 2.24) is 0 Å². The summed E-state index contributed by atoms with van der Waals surface area (Å²) in [5.41, 5.74) is 6.12. The van der Waals surface area contributed by atoms with Crippen molar-refractivity contribution in [3.8, 4) is 0 Å². The van der Waals surface area contributed by atoms with E-state index in [1.165, 1.54) is 64.2 Å². The average Bonchev–Trinajstić information content (AvgIpc) is 2.20. The van der Waals surface area contributed by atoms with Crippen LogP contribution in [0.2, 0.25) is 0 Å². The van der Waals surface area contributed by atoms with Gasteiger partial charge in [-0.1, -0.05) is 51.9 Å². The normalized spacial score (nSPS) is 27.9. The van der Waals surface area contributed by atoms with Crippen LogP contribution in [0.3, 0.4) is 0 Å². The van der Waals surface area contributed by atoms with Crippen molar-refractivity contribution in [2.75, 3.05) is 0 Å². The van der Waals surface area contributed by atoms with Crippen molar-refractivity contribution >= 4 is 0 Å². The molecule has 0 aromatic rings. The molecule has 84 valence electrons. The quantitative estimate of drug-likeness (QED) is 0.643. The molecule has 0 saturated heterocycles. The second-order valence-corrected chi connectivity index (χ2v) is 4.91. The predicted molar refractivity (Wildman–Crippen MR) is 63.3 cm³/mol. The summed E-state index contributed by atoms with van der Waals surface area (Å²) in [4.78, 5) is 0. The molecule has 14 heavy (non-hydrogen) atoms. The fourth-order valence-corrected chi connectivity index (χ4v) is 2.60. The molecule has 0 radical (unpaired) electrons. The largest absolute Gasteiger partial charge is 0.327 e. The zero-order chi connectivity index (χ0) is 10.2. The van der Waals surface area contributed by atoms with Crippen LogP contribution in [0, 0.1) is 5.92 Å². The summed E-state index contributed by atoms with van der Waals surface area (Å²) in [5.74, 6) is 0.852. The molecule has 1 heteroatoms.